The third-order valence-corrected chi connectivity index (χ3v) is 6.45. The highest BCUT2D eigenvalue weighted by Gasteiger charge is 2.31. The van der Waals surface area contributed by atoms with Crippen LogP contribution in [-0.2, 0) is 6.54 Å². The number of rotatable bonds is 7. The summed E-state index contributed by atoms with van der Waals surface area (Å²) in [6, 6.07) is 4.82. The maximum atomic E-state index is 16.1. The standard InChI is InChI=1S/C26H29F2N5O/c1-15-11-17(12-16(2)29-15)22-21(27)13-19-24-20(14-32(18-7-8-18)25(19)23(22)28)26(34)33(30-24)10-6-5-9-31(3)4/h11-14,18H,5-10H2,1-4H3. The third-order valence-electron chi connectivity index (χ3n) is 6.45. The van der Waals surface area contributed by atoms with Gasteiger partial charge in [-0.2, -0.15) is 5.10 Å². The molecule has 2 aliphatic heterocycles. The van der Waals surface area contributed by atoms with Crippen molar-refractivity contribution in [3.05, 3.63) is 57.8 Å². The van der Waals surface area contributed by atoms with Gasteiger partial charge >= 0.3 is 0 Å². The van der Waals surface area contributed by atoms with Crippen molar-refractivity contribution in [1.82, 2.24) is 24.2 Å². The van der Waals surface area contributed by atoms with E-state index >= 15 is 8.78 Å². The van der Waals surface area contributed by atoms with E-state index in [1.54, 1.807) is 18.3 Å². The molecule has 34 heavy (non-hydrogen) atoms. The van der Waals surface area contributed by atoms with E-state index in [4.69, 9.17) is 0 Å². The number of aryl methyl sites for hydroxylation is 3. The van der Waals surface area contributed by atoms with E-state index in [9.17, 15) is 4.79 Å². The molecule has 0 bridgehead atoms. The van der Waals surface area contributed by atoms with Gasteiger partial charge in [0.1, 0.15) is 11.5 Å². The number of nitrogens with zero attached hydrogens (tertiary/aromatic N) is 5. The Bertz CT molecular complexity index is 1400. The van der Waals surface area contributed by atoms with Gasteiger partial charge in [0.15, 0.2) is 5.82 Å². The van der Waals surface area contributed by atoms with Gasteiger partial charge in [-0.25, -0.2) is 13.5 Å². The highest BCUT2D eigenvalue weighted by molar-refractivity contribution is 5.97. The first-order chi connectivity index (χ1) is 16.2. The average Bonchev–Trinajstić information content (AvgIpc) is 3.55. The molecule has 8 heteroatoms. The summed E-state index contributed by atoms with van der Waals surface area (Å²) >= 11 is 0. The summed E-state index contributed by atoms with van der Waals surface area (Å²) in [6.07, 6.45) is 5.25. The molecule has 1 saturated carbocycles. The average molecular weight is 466 g/mol. The van der Waals surface area contributed by atoms with E-state index in [2.05, 4.69) is 15.0 Å². The van der Waals surface area contributed by atoms with Crippen LogP contribution in [0.15, 0.2) is 29.2 Å². The summed E-state index contributed by atoms with van der Waals surface area (Å²) in [5, 5.41) is 4.87. The third kappa shape index (κ3) is 4.00. The van der Waals surface area contributed by atoms with Crippen LogP contribution in [0, 0.1) is 25.5 Å². The van der Waals surface area contributed by atoms with Crippen molar-refractivity contribution in [2.75, 3.05) is 20.6 Å². The molecule has 5 rings (SSSR count). The highest BCUT2D eigenvalue weighted by atomic mass is 19.1. The van der Waals surface area contributed by atoms with Gasteiger partial charge < -0.3 is 9.47 Å². The smallest absolute Gasteiger partial charge is 0.277 e. The maximum absolute atomic E-state index is 16.1. The highest BCUT2D eigenvalue weighted by Crippen LogP contribution is 2.43. The molecule has 0 amide bonds. The lowest BCUT2D eigenvalue weighted by atomic mass is 9.99. The topological polar surface area (TPSA) is 56.0 Å². The minimum absolute atomic E-state index is 0.0692. The Morgan fingerprint density at radius 2 is 1.79 bits per heavy atom. The Kier molecular flexibility index (Phi) is 5.72. The summed E-state index contributed by atoms with van der Waals surface area (Å²) in [7, 11) is 4.02. The van der Waals surface area contributed by atoms with Crippen LogP contribution in [0.25, 0.3) is 33.3 Å². The zero-order valence-corrected chi connectivity index (χ0v) is 20.0. The lowest BCUT2D eigenvalue weighted by Gasteiger charge is -2.17. The van der Waals surface area contributed by atoms with Gasteiger partial charge in [-0.05, 0) is 83.9 Å². The van der Waals surface area contributed by atoms with Gasteiger partial charge in [0.05, 0.1) is 16.6 Å². The van der Waals surface area contributed by atoms with Crippen LogP contribution in [0.3, 0.4) is 0 Å². The molecule has 1 fully saturated rings. The van der Waals surface area contributed by atoms with E-state index in [1.165, 1.54) is 10.7 Å². The summed E-state index contributed by atoms with van der Waals surface area (Å²) in [5.74, 6) is -1.29. The second-order valence-electron chi connectivity index (χ2n) is 9.65. The van der Waals surface area contributed by atoms with E-state index < -0.39 is 11.6 Å². The number of aromatic nitrogens is 4. The Hall–Kier alpha value is -3.13. The van der Waals surface area contributed by atoms with E-state index in [1.807, 2.05) is 32.5 Å². The summed E-state index contributed by atoms with van der Waals surface area (Å²) < 4.78 is 34.8. The summed E-state index contributed by atoms with van der Waals surface area (Å²) in [5.41, 5.74) is 2.65. The van der Waals surface area contributed by atoms with Gasteiger partial charge in [0.2, 0.25) is 0 Å². The number of fused-ring (bicyclic) bond motifs is 3. The largest absolute Gasteiger partial charge is 0.341 e. The van der Waals surface area contributed by atoms with Crippen LogP contribution in [0.4, 0.5) is 8.78 Å². The Morgan fingerprint density at radius 1 is 1.09 bits per heavy atom. The van der Waals surface area contributed by atoms with Crippen LogP contribution in [0.2, 0.25) is 0 Å². The summed E-state index contributed by atoms with van der Waals surface area (Å²) in [6.45, 7) is 5.02. The van der Waals surface area contributed by atoms with Crippen LogP contribution in [0.1, 0.15) is 43.1 Å². The van der Waals surface area contributed by atoms with Crippen molar-refractivity contribution in [2.24, 2.45) is 0 Å². The lowest BCUT2D eigenvalue weighted by molar-refractivity contribution is 0.384. The Balaban J connectivity index is 1.69. The van der Waals surface area contributed by atoms with Crippen LogP contribution in [-0.4, -0.2) is 44.9 Å². The van der Waals surface area contributed by atoms with Gasteiger partial charge in [-0.15, -0.1) is 0 Å². The van der Waals surface area contributed by atoms with Gasteiger partial charge in [-0.1, -0.05) is 0 Å². The molecule has 3 aliphatic rings. The zero-order chi connectivity index (χ0) is 24.1. The van der Waals surface area contributed by atoms with Gasteiger partial charge in [-0.3, -0.25) is 9.78 Å². The zero-order valence-electron chi connectivity index (χ0n) is 20.0. The van der Waals surface area contributed by atoms with Crippen molar-refractivity contribution in [3.63, 3.8) is 0 Å². The Labute approximate surface area is 197 Å². The summed E-state index contributed by atoms with van der Waals surface area (Å²) in [4.78, 5) is 19.5. The van der Waals surface area contributed by atoms with E-state index in [0.29, 0.717) is 45.7 Å². The second kappa shape index (κ2) is 8.58. The Morgan fingerprint density at radius 3 is 2.44 bits per heavy atom. The molecule has 0 spiro atoms. The number of pyridine rings is 2. The maximum Gasteiger partial charge on any atom is 0.277 e. The molecule has 1 aromatic heterocycles. The van der Waals surface area contributed by atoms with Crippen LogP contribution >= 0.6 is 0 Å². The second-order valence-corrected chi connectivity index (χ2v) is 9.65. The molecule has 1 aromatic carbocycles. The molecular formula is C26H29F2N5O. The fourth-order valence-corrected chi connectivity index (χ4v) is 4.75. The molecule has 1 aliphatic carbocycles. The van der Waals surface area contributed by atoms with E-state index in [-0.39, 0.29) is 17.2 Å². The van der Waals surface area contributed by atoms with Crippen molar-refractivity contribution < 1.29 is 8.78 Å². The molecule has 6 nitrogen and oxygen atoms in total. The fraction of sp³-hybridized carbons (Fsp3) is 0.423. The molecule has 0 unspecified atom stereocenters. The molecule has 0 radical (unpaired) electrons. The number of unbranched alkanes of at least 4 members (excludes halogenated alkanes) is 1. The first-order valence-corrected chi connectivity index (χ1v) is 11.8. The van der Waals surface area contributed by atoms with Crippen LogP contribution in [0.5, 0.6) is 0 Å². The number of hydrogen-bond acceptors (Lipinski definition) is 4. The predicted molar refractivity (Wildman–Crippen MR) is 129 cm³/mol. The molecule has 3 heterocycles. The molecule has 178 valence electrons. The molecule has 0 saturated heterocycles. The number of hydrogen-bond donors (Lipinski definition) is 0. The van der Waals surface area contributed by atoms with Crippen molar-refractivity contribution in [3.8, 4) is 22.4 Å². The number of benzene rings is 1. The van der Waals surface area contributed by atoms with Crippen LogP contribution < -0.4 is 5.56 Å². The quantitative estimate of drug-likeness (QED) is 0.363. The predicted octanol–water partition coefficient (Wildman–Crippen LogP) is 4.94. The monoisotopic (exact) mass is 465 g/mol. The van der Waals surface area contributed by atoms with E-state index in [0.717, 1.165) is 32.2 Å². The van der Waals surface area contributed by atoms with Crippen molar-refractivity contribution in [2.45, 2.75) is 52.1 Å². The fourth-order valence-electron chi connectivity index (χ4n) is 4.75. The van der Waals surface area contributed by atoms with Crippen molar-refractivity contribution in [1.29, 1.82) is 0 Å². The minimum atomic E-state index is -0.669. The SMILES string of the molecule is Cc1cc(-c2c(F)cc3c4nn(CCCCN(C)C)c(=O)c-4cn(C4CC4)c3c2F)cc(C)n1. The first kappa shape index (κ1) is 22.7. The van der Waals surface area contributed by atoms with Gasteiger partial charge in [0, 0.05) is 35.6 Å². The lowest BCUT2D eigenvalue weighted by Crippen LogP contribution is -2.19. The number of halogens is 2. The molecular weight excluding hydrogens is 436 g/mol. The van der Waals surface area contributed by atoms with Crippen molar-refractivity contribution >= 4 is 10.9 Å². The normalized spacial score (nSPS) is 14.1. The van der Waals surface area contributed by atoms with Gasteiger partial charge in [0.25, 0.3) is 5.56 Å². The first-order valence-electron chi connectivity index (χ1n) is 11.8. The molecule has 2 aromatic rings. The minimum Gasteiger partial charge on any atom is -0.341 e. The molecule has 0 N–H and O–H groups in total. The molecule has 0 atom stereocenters.